The van der Waals surface area contributed by atoms with Gasteiger partial charge in [0.25, 0.3) is 15.9 Å². The Bertz CT molecular complexity index is 999. The minimum absolute atomic E-state index is 0.0230. The van der Waals surface area contributed by atoms with Crippen molar-refractivity contribution in [1.29, 1.82) is 0 Å². The molecule has 7 nitrogen and oxygen atoms in total. The van der Waals surface area contributed by atoms with Gasteiger partial charge in [0.2, 0.25) is 0 Å². The summed E-state index contributed by atoms with van der Waals surface area (Å²) in [5.41, 5.74) is 1.49. The maximum atomic E-state index is 12.8. The summed E-state index contributed by atoms with van der Waals surface area (Å²) in [5, 5.41) is 0. The van der Waals surface area contributed by atoms with Gasteiger partial charge < -0.3 is 9.64 Å². The van der Waals surface area contributed by atoms with Crippen LogP contribution in [0, 0.1) is 13.8 Å². The number of nitrogens with zero attached hydrogens (tertiary/aromatic N) is 1. The molecular formula is C20H24N2O5S. The van der Waals surface area contributed by atoms with Crippen LogP contribution in [0.25, 0.3) is 0 Å². The van der Waals surface area contributed by atoms with Gasteiger partial charge in [-0.1, -0.05) is 24.3 Å². The van der Waals surface area contributed by atoms with Crippen molar-refractivity contribution in [1.82, 2.24) is 4.90 Å². The molecule has 8 heteroatoms. The van der Waals surface area contributed by atoms with E-state index >= 15 is 0 Å². The van der Waals surface area contributed by atoms with Crippen molar-refractivity contribution >= 4 is 27.6 Å². The second kappa shape index (κ2) is 8.43. The number of para-hydroxylation sites is 1. The molecule has 0 saturated heterocycles. The van der Waals surface area contributed by atoms with Crippen LogP contribution < -0.4 is 4.72 Å². The summed E-state index contributed by atoms with van der Waals surface area (Å²) in [6.45, 7) is 4.96. The van der Waals surface area contributed by atoms with Gasteiger partial charge in [-0.15, -0.1) is 0 Å². The molecule has 2 aromatic rings. The Labute approximate surface area is 165 Å². The fraction of sp³-hybridized carbons (Fsp3) is 0.300. The minimum atomic E-state index is -3.91. The Kier molecular flexibility index (Phi) is 6.45. The average Bonchev–Trinajstić information content (AvgIpc) is 2.62. The van der Waals surface area contributed by atoms with E-state index in [-0.39, 0.29) is 22.1 Å². The van der Waals surface area contributed by atoms with Crippen LogP contribution in [0.15, 0.2) is 47.4 Å². The quantitative estimate of drug-likeness (QED) is 0.748. The van der Waals surface area contributed by atoms with E-state index in [0.717, 1.165) is 5.56 Å². The second-order valence-electron chi connectivity index (χ2n) is 6.70. The number of carbonyl (C=O) groups excluding carboxylic acids is 2. The lowest BCUT2D eigenvalue weighted by Gasteiger charge is -2.18. The topological polar surface area (TPSA) is 92.8 Å². The number of sulfonamides is 1. The normalized spacial score (nSPS) is 12.2. The molecule has 0 bridgehead atoms. The van der Waals surface area contributed by atoms with Gasteiger partial charge in [0.15, 0.2) is 6.10 Å². The zero-order chi connectivity index (χ0) is 21.1. The number of ether oxygens (including phenoxy) is 1. The standard InChI is InChI=1S/C20H24N2O5S/c1-13-10-11-14(2)18(12-13)28(25,26)21-17-9-7-6-8-16(17)20(24)27-15(3)19(23)22(4)5/h6-12,15,21H,1-5H3/t15-/m0/s1. The van der Waals surface area contributed by atoms with E-state index in [0.29, 0.717) is 5.56 Å². The van der Waals surface area contributed by atoms with Crippen LogP contribution in [0.3, 0.4) is 0 Å². The fourth-order valence-electron chi connectivity index (χ4n) is 2.58. The number of benzene rings is 2. The van der Waals surface area contributed by atoms with Crippen molar-refractivity contribution in [3.05, 3.63) is 59.2 Å². The molecule has 150 valence electrons. The monoisotopic (exact) mass is 404 g/mol. The summed E-state index contributed by atoms with van der Waals surface area (Å²) >= 11 is 0. The zero-order valence-corrected chi connectivity index (χ0v) is 17.3. The summed E-state index contributed by atoms with van der Waals surface area (Å²) in [6, 6.07) is 11.2. The first-order chi connectivity index (χ1) is 13.0. The van der Waals surface area contributed by atoms with Crippen LogP contribution >= 0.6 is 0 Å². The van der Waals surface area contributed by atoms with Crippen LogP contribution in [0.2, 0.25) is 0 Å². The number of hydrogen-bond acceptors (Lipinski definition) is 5. The molecule has 0 aliphatic rings. The molecule has 0 fully saturated rings. The van der Waals surface area contributed by atoms with E-state index in [2.05, 4.69) is 4.72 Å². The van der Waals surface area contributed by atoms with Crippen LogP contribution in [-0.4, -0.2) is 45.4 Å². The van der Waals surface area contributed by atoms with Crippen LogP contribution in [0.5, 0.6) is 0 Å². The van der Waals surface area contributed by atoms with Gasteiger partial charge in [-0.05, 0) is 50.1 Å². The van der Waals surface area contributed by atoms with Gasteiger partial charge in [0.05, 0.1) is 16.1 Å². The molecule has 1 amide bonds. The number of hydrogen-bond donors (Lipinski definition) is 1. The van der Waals surface area contributed by atoms with Gasteiger partial charge in [-0.2, -0.15) is 0 Å². The van der Waals surface area contributed by atoms with Crippen molar-refractivity contribution in [2.24, 2.45) is 0 Å². The lowest BCUT2D eigenvalue weighted by molar-refractivity contribution is -0.137. The van der Waals surface area contributed by atoms with E-state index in [1.165, 1.54) is 24.0 Å². The summed E-state index contributed by atoms with van der Waals surface area (Å²) in [5.74, 6) is -1.16. The highest BCUT2D eigenvalue weighted by molar-refractivity contribution is 7.92. The molecular weight excluding hydrogens is 380 g/mol. The molecule has 2 rings (SSSR count). The number of aryl methyl sites for hydroxylation is 2. The molecule has 0 aliphatic heterocycles. The molecule has 28 heavy (non-hydrogen) atoms. The van der Waals surface area contributed by atoms with Gasteiger partial charge in [0, 0.05) is 14.1 Å². The summed E-state index contributed by atoms with van der Waals surface area (Å²) < 4.78 is 33.3. The Morgan fingerprint density at radius 3 is 2.36 bits per heavy atom. The van der Waals surface area contributed by atoms with Crippen molar-refractivity contribution in [2.75, 3.05) is 18.8 Å². The molecule has 1 atom stereocenters. The Balaban J connectivity index is 2.32. The third-order valence-corrected chi connectivity index (χ3v) is 5.60. The van der Waals surface area contributed by atoms with Crippen LogP contribution in [0.1, 0.15) is 28.4 Å². The number of likely N-dealkylation sites (N-methyl/N-ethyl adjacent to an activating group) is 1. The maximum Gasteiger partial charge on any atom is 0.341 e. The molecule has 0 radical (unpaired) electrons. The highest BCUT2D eigenvalue weighted by atomic mass is 32.2. The smallest absolute Gasteiger partial charge is 0.341 e. The molecule has 0 heterocycles. The van der Waals surface area contributed by atoms with Crippen LogP contribution in [0.4, 0.5) is 5.69 Å². The molecule has 2 aromatic carbocycles. The van der Waals surface area contributed by atoms with Gasteiger partial charge in [-0.3, -0.25) is 9.52 Å². The summed E-state index contributed by atoms with van der Waals surface area (Å²) in [7, 11) is -0.805. The van der Waals surface area contributed by atoms with Crippen molar-refractivity contribution in [3.8, 4) is 0 Å². The molecule has 0 unspecified atom stereocenters. The molecule has 1 N–H and O–H groups in total. The SMILES string of the molecule is Cc1ccc(C)c(S(=O)(=O)Nc2ccccc2C(=O)O[C@@H](C)C(=O)N(C)C)c1. The van der Waals surface area contributed by atoms with Crippen LogP contribution in [-0.2, 0) is 19.6 Å². The lowest BCUT2D eigenvalue weighted by atomic mass is 10.2. The van der Waals surface area contributed by atoms with Gasteiger partial charge >= 0.3 is 5.97 Å². The third-order valence-electron chi connectivity index (χ3n) is 4.10. The number of rotatable bonds is 6. The van der Waals surface area contributed by atoms with Crippen molar-refractivity contribution in [3.63, 3.8) is 0 Å². The zero-order valence-electron chi connectivity index (χ0n) is 16.5. The van der Waals surface area contributed by atoms with E-state index in [4.69, 9.17) is 4.74 Å². The fourth-order valence-corrected chi connectivity index (χ4v) is 4.00. The maximum absolute atomic E-state index is 12.8. The molecule has 0 aliphatic carbocycles. The number of anilines is 1. The van der Waals surface area contributed by atoms with E-state index in [1.54, 1.807) is 52.2 Å². The summed E-state index contributed by atoms with van der Waals surface area (Å²) in [4.78, 5) is 25.9. The summed E-state index contributed by atoms with van der Waals surface area (Å²) in [6.07, 6.45) is -0.994. The predicted molar refractivity (Wildman–Crippen MR) is 107 cm³/mol. The predicted octanol–water partition coefficient (Wildman–Crippen LogP) is 2.74. The highest BCUT2D eigenvalue weighted by Crippen LogP contribution is 2.24. The first kappa shape index (κ1) is 21.4. The number of carbonyl (C=O) groups is 2. The molecule has 0 spiro atoms. The van der Waals surface area contributed by atoms with E-state index in [1.807, 2.05) is 6.07 Å². The lowest BCUT2D eigenvalue weighted by Crippen LogP contribution is -2.35. The first-order valence-electron chi connectivity index (χ1n) is 8.64. The number of nitrogens with one attached hydrogen (secondary N) is 1. The average molecular weight is 404 g/mol. The van der Waals surface area contributed by atoms with Crippen molar-refractivity contribution < 1.29 is 22.7 Å². The van der Waals surface area contributed by atoms with E-state index < -0.39 is 22.1 Å². The Morgan fingerprint density at radius 2 is 1.71 bits per heavy atom. The van der Waals surface area contributed by atoms with Crippen molar-refractivity contribution in [2.45, 2.75) is 31.8 Å². The third kappa shape index (κ3) is 4.89. The number of amides is 1. The minimum Gasteiger partial charge on any atom is -0.449 e. The Morgan fingerprint density at radius 1 is 1.07 bits per heavy atom. The van der Waals surface area contributed by atoms with E-state index in [9.17, 15) is 18.0 Å². The largest absolute Gasteiger partial charge is 0.449 e. The Hall–Kier alpha value is -2.87. The first-order valence-corrected chi connectivity index (χ1v) is 10.1. The number of esters is 1. The van der Waals surface area contributed by atoms with Gasteiger partial charge in [-0.25, -0.2) is 13.2 Å². The molecule has 0 aromatic heterocycles. The highest BCUT2D eigenvalue weighted by Gasteiger charge is 2.24. The molecule has 0 saturated carbocycles. The second-order valence-corrected chi connectivity index (χ2v) is 8.35. The van der Waals surface area contributed by atoms with Gasteiger partial charge in [0.1, 0.15) is 0 Å².